The van der Waals surface area contributed by atoms with Gasteiger partial charge < -0.3 is 4.90 Å². The van der Waals surface area contributed by atoms with E-state index in [2.05, 4.69) is 181 Å². The fourth-order valence-electron chi connectivity index (χ4n) is 6.91. The number of thiophene rings is 1. The van der Waals surface area contributed by atoms with E-state index in [4.69, 9.17) is 0 Å². The predicted molar refractivity (Wildman–Crippen MR) is 200 cm³/mol. The summed E-state index contributed by atoms with van der Waals surface area (Å²) in [7, 11) is 0. The van der Waals surface area contributed by atoms with Crippen molar-refractivity contribution >= 4 is 70.1 Å². The van der Waals surface area contributed by atoms with Crippen molar-refractivity contribution in [2.75, 3.05) is 4.90 Å². The van der Waals surface area contributed by atoms with Gasteiger partial charge in [0, 0.05) is 37.2 Å². The Hall–Kier alpha value is -5.70. The number of benzene rings is 8. The molecule has 8 aromatic carbocycles. The SMILES string of the molecule is c1ccc(N(c2ccc(-c3cccc4ccccc34)cc2)c2ccc(-c3cccc4c3ccc3sc5ccccc5c34)cc2)cc1. The first-order valence-electron chi connectivity index (χ1n) is 15.7. The number of hydrogen-bond acceptors (Lipinski definition) is 2. The van der Waals surface area contributed by atoms with Gasteiger partial charge in [0.25, 0.3) is 0 Å². The minimum absolute atomic E-state index is 1.12. The number of hydrogen-bond donors (Lipinski definition) is 0. The molecule has 1 nitrogen and oxygen atoms in total. The Kier molecular flexibility index (Phi) is 6.40. The molecule has 46 heavy (non-hydrogen) atoms. The minimum Gasteiger partial charge on any atom is -0.311 e. The lowest BCUT2D eigenvalue weighted by molar-refractivity contribution is 1.28. The highest BCUT2D eigenvalue weighted by Gasteiger charge is 2.15. The van der Waals surface area contributed by atoms with E-state index in [9.17, 15) is 0 Å². The maximum absolute atomic E-state index is 2.33. The molecule has 0 aliphatic carbocycles. The van der Waals surface area contributed by atoms with Crippen molar-refractivity contribution in [1.82, 2.24) is 0 Å². The lowest BCUT2D eigenvalue weighted by atomic mass is 9.95. The molecular formula is C44H29NS. The molecule has 1 aromatic heterocycles. The van der Waals surface area contributed by atoms with Crippen LogP contribution >= 0.6 is 11.3 Å². The van der Waals surface area contributed by atoms with Gasteiger partial charge in [-0.3, -0.25) is 0 Å². The number of nitrogens with zero attached hydrogens (tertiary/aromatic N) is 1. The Labute approximate surface area is 272 Å². The smallest absolute Gasteiger partial charge is 0.0462 e. The van der Waals surface area contributed by atoms with Crippen LogP contribution in [0.15, 0.2) is 176 Å². The summed E-state index contributed by atoms with van der Waals surface area (Å²) in [6.45, 7) is 0. The van der Waals surface area contributed by atoms with Crippen LogP contribution in [-0.4, -0.2) is 0 Å². The molecule has 0 radical (unpaired) electrons. The first-order chi connectivity index (χ1) is 22.8. The summed E-state index contributed by atoms with van der Waals surface area (Å²) in [5.74, 6) is 0. The molecule has 0 fully saturated rings. The van der Waals surface area contributed by atoms with Gasteiger partial charge in [0.1, 0.15) is 0 Å². The second kappa shape index (κ2) is 11.0. The van der Waals surface area contributed by atoms with E-state index >= 15 is 0 Å². The molecule has 0 saturated heterocycles. The molecule has 0 bridgehead atoms. The standard InChI is InChI=1S/C44H29NS/c1-2-12-33(13-3-1)45(34-24-20-31(21-25-34)37-16-8-11-30-10-4-5-14-36(30)37)35-26-22-32(23-27-35)38-17-9-18-40-39(38)28-29-43-44(40)41-15-6-7-19-42(41)46-43/h1-29H. The monoisotopic (exact) mass is 603 g/mol. The second-order valence-corrected chi connectivity index (χ2v) is 12.8. The summed E-state index contributed by atoms with van der Waals surface area (Å²) >= 11 is 1.87. The van der Waals surface area contributed by atoms with Gasteiger partial charge in [0.15, 0.2) is 0 Å². The fraction of sp³-hybridized carbons (Fsp3) is 0. The highest BCUT2D eigenvalue weighted by Crippen LogP contribution is 2.42. The van der Waals surface area contributed by atoms with Crippen molar-refractivity contribution in [3.63, 3.8) is 0 Å². The summed E-state index contributed by atoms with van der Waals surface area (Å²) in [5, 5.41) is 7.83. The molecule has 0 unspecified atom stereocenters. The first-order valence-corrected chi connectivity index (χ1v) is 16.5. The Bertz CT molecular complexity index is 2500. The van der Waals surface area contributed by atoms with Gasteiger partial charge in [-0.15, -0.1) is 11.3 Å². The summed E-state index contributed by atoms with van der Waals surface area (Å²) in [6, 6.07) is 63.8. The van der Waals surface area contributed by atoms with Crippen molar-refractivity contribution in [1.29, 1.82) is 0 Å². The zero-order chi connectivity index (χ0) is 30.5. The predicted octanol–water partition coefficient (Wildman–Crippen LogP) is 13.2. The molecule has 9 aromatic rings. The number of anilines is 3. The van der Waals surface area contributed by atoms with Gasteiger partial charge in [0.2, 0.25) is 0 Å². The van der Waals surface area contributed by atoms with Crippen LogP contribution in [0.25, 0.3) is 64.0 Å². The molecule has 0 atom stereocenters. The van der Waals surface area contributed by atoms with E-state index in [-0.39, 0.29) is 0 Å². The van der Waals surface area contributed by atoms with Gasteiger partial charge in [-0.2, -0.15) is 0 Å². The highest BCUT2D eigenvalue weighted by atomic mass is 32.1. The van der Waals surface area contributed by atoms with Gasteiger partial charge in [-0.05, 0) is 92.3 Å². The van der Waals surface area contributed by atoms with E-state index < -0.39 is 0 Å². The Morgan fingerprint density at radius 1 is 0.326 bits per heavy atom. The van der Waals surface area contributed by atoms with Gasteiger partial charge >= 0.3 is 0 Å². The Morgan fingerprint density at radius 3 is 1.61 bits per heavy atom. The normalized spacial score (nSPS) is 11.5. The van der Waals surface area contributed by atoms with Crippen LogP contribution < -0.4 is 4.90 Å². The molecule has 0 saturated carbocycles. The van der Waals surface area contributed by atoms with Gasteiger partial charge in [-0.25, -0.2) is 0 Å². The zero-order valence-electron chi connectivity index (χ0n) is 25.1. The summed E-state index contributed by atoms with van der Waals surface area (Å²) < 4.78 is 2.68. The fourth-order valence-corrected chi connectivity index (χ4v) is 8.04. The second-order valence-electron chi connectivity index (χ2n) is 11.7. The molecule has 216 valence electrons. The average Bonchev–Trinajstić information content (AvgIpc) is 3.52. The van der Waals surface area contributed by atoms with Crippen LogP contribution in [0.5, 0.6) is 0 Å². The van der Waals surface area contributed by atoms with Crippen molar-refractivity contribution in [3.8, 4) is 22.3 Å². The third-order valence-corrected chi connectivity index (χ3v) is 10.2. The third kappa shape index (κ3) is 4.46. The highest BCUT2D eigenvalue weighted by molar-refractivity contribution is 7.26. The van der Waals surface area contributed by atoms with Crippen LogP contribution in [0.4, 0.5) is 17.1 Å². The van der Waals surface area contributed by atoms with Crippen LogP contribution in [0.1, 0.15) is 0 Å². The third-order valence-electron chi connectivity index (χ3n) is 9.08. The van der Waals surface area contributed by atoms with Crippen molar-refractivity contribution in [3.05, 3.63) is 176 Å². The molecular weight excluding hydrogens is 575 g/mol. The topological polar surface area (TPSA) is 3.24 Å². The van der Waals surface area contributed by atoms with E-state index in [1.54, 1.807) is 0 Å². The lowest BCUT2D eigenvalue weighted by Gasteiger charge is -2.26. The molecule has 0 amide bonds. The van der Waals surface area contributed by atoms with Gasteiger partial charge in [0.05, 0.1) is 0 Å². The maximum Gasteiger partial charge on any atom is 0.0462 e. The Balaban J connectivity index is 1.12. The van der Waals surface area contributed by atoms with Crippen LogP contribution in [0.2, 0.25) is 0 Å². The molecule has 1 heterocycles. The molecule has 9 rings (SSSR count). The van der Waals surface area contributed by atoms with Crippen LogP contribution in [0, 0.1) is 0 Å². The molecule has 2 heteroatoms. The molecule has 0 N–H and O–H groups in total. The molecule has 0 spiro atoms. The van der Waals surface area contributed by atoms with Crippen molar-refractivity contribution in [2.24, 2.45) is 0 Å². The summed E-state index contributed by atoms with van der Waals surface area (Å²) in [5.41, 5.74) is 8.32. The van der Waals surface area contributed by atoms with Crippen molar-refractivity contribution in [2.45, 2.75) is 0 Å². The number of fused-ring (bicyclic) bond motifs is 6. The van der Waals surface area contributed by atoms with E-state index in [1.807, 2.05) is 11.3 Å². The van der Waals surface area contributed by atoms with Gasteiger partial charge in [-0.1, -0.05) is 127 Å². The zero-order valence-corrected chi connectivity index (χ0v) is 25.9. The lowest BCUT2D eigenvalue weighted by Crippen LogP contribution is -2.09. The molecule has 0 aliphatic heterocycles. The van der Waals surface area contributed by atoms with E-state index in [0.29, 0.717) is 0 Å². The van der Waals surface area contributed by atoms with Crippen molar-refractivity contribution < 1.29 is 0 Å². The quantitative estimate of drug-likeness (QED) is 0.189. The summed E-state index contributed by atoms with van der Waals surface area (Å²) in [4.78, 5) is 2.33. The largest absolute Gasteiger partial charge is 0.311 e. The summed E-state index contributed by atoms with van der Waals surface area (Å²) in [6.07, 6.45) is 0. The number of para-hydroxylation sites is 1. The maximum atomic E-state index is 2.33. The Morgan fingerprint density at radius 2 is 0.870 bits per heavy atom. The van der Waals surface area contributed by atoms with E-state index in [1.165, 1.54) is 64.0 Å². The minimum atomic E-state index is 1.12. The van der Waals surface area contributed by atoms with Crippen LogP contribution in [-0.2, 0) is 0 Å². The average molecular weight is 604 g/mol. The molecule has 0 aliphatic rings. The number of rotatable bonds is 5. The first kappa shape index (κ1) is 26.7. The van der Waals surface area contributed by atoms with E-state index in [0.717, 1.165) is 17.1 Å². The van der Waals surface area contributed by atoms with Crippen LogP contribution in [0.3, 0.4) is 0 Å².